The Bertz CT molecular complexity index is 1030. The summed E-state index contributed by atoms with van der Waals surface area (Å²) in [5.41, 5.74) is 0.632. The average Bonchev–Trinajstić information content (AvgIpc) is 2.71. The number of carbonyl (C=O) groups excluding carboxylic acids is 2. The molecule has 0 saturated carbocycles. The van der Waals surface area contributed by atoms with Crippen LogP contribution in [-0.4, -0.2) is 16.6 Å². The van der Waals surface area contributed by atoms with Crippen LogP contribution in [0.2, 0.25) is 0 Å². The molecule has 0 spiro atoms. The third-order valence-corrected chi connectivity index (χ3v) is 4.26. The van der Waals surface area contributed by atoms with Gasteiger partial charge in [-0.05, 0) is 17.2 Å². The van der Waals surface area contributed by atoms with Gasteiger partial charge >= 0.3 is 12.1 Å². The van der Waals surface area contributed by atoms with Crippen molar-refractivity contribution in [3.05, 3.63) is 104 Å². The van der Waals surface area contributed by atoms with Gasteiger partial charge in [-0.25, -0.2) is 14.2 Å². The lowest BCUT2D eigenvalue weighted by Crippen LogP contribution is -2.32. The summed E-state index contributed by atoms with van der Waals surface area (Å²) in [6, 6.07) is 20.6. The molecule has 7 heteroatoms. The number of nitrogens with zero attached hydrogens (tertiary/aromatic N) is 1. The van der Waals surface area contributed by atoms with Crippen LogP contribution < -0.4 is 5.56 Å². The molecule has 0 aliphatic rings. The second-order valence-corrected chi connectivity index (χ2v) is 6.75. The SMILES string of the molecule is O=C(OCc1ccccc1)c1cc(Br)cc(=O)n1C(=O)OCc1ccccc1. The Balaban J connectivity index is 1.79. The van der Waals surface area contributed by atoms with Crippen LogP contribution in [-0.2, 0) is 22.7 Å². The van der Waals surface area contributed by atoms with E-state index in [0.29, 0.717) is 9.04 Å². The van der Waals surface area contributed by atoms with Gasteiger partial charge in [-0.2, -0.15) is 0 Å². The van der Waals surface area contributed by atoms with E-state index < -0.39 is 17.6 Å². The lowest BCUT2D eigenvalue weighted by atomic mass is 10.2. The number of rotatable bonds is 5. The molecule has 0 bridgehead atoms. The first kappa shape index (κ1) is 19.6. The summed E-state index contributed by atoms with van der Waals surface area (Å²) in [6.45, 7) is -0.0138. The van der Waals surface area contributed by atoms with E-state index in [-0.39, 0.29) is 18.9 Å². The highest BCUT2D eigenvalue weighted by Crippen LogP contribution is 2.13. The molecule has 6 nitrogen and oxygen atoms in total. The van der Waals surface area contributed by atoms with E-state index in [0.717, 1.165) is 11.1 Å². The molecule has 0 radical (unpaired) electrons. The number of ether oxygens (including phenoxy) is 2. The van der Waals surface area contributed by atoms with Crippen LogP contribution in [0.5, 0.6) is 0 Å². The molecular formula is C21H16BrNO5. The Kier molecular flexibility index (Phi) is 6.39. The third-order valence-electron chi connectivity index (χ3n) is 3.81. The van der Waals surface area contributed by atoms with Crippen molar-refractivity contribution in [3.63, 3.8) is 0 Å². The number of aromatic nitrogens is 1. The van der Waals surface area contributed by atoms with Gasteiger partial charge in [0.1, 0.15) is 18.9 Å². The van der Waals surface area contributed by atoms with E-state index in [4.69, 9.17) is 9.47 Å². The molecule has 0 N–H and O–H groups in total. The molecule has 0 aliphatic heterocycles. The summed E-state index contributed by atoms with van der Waals surface area (Å²) in [7, 11) is 0. The van der Waals surface area contributed by atoms with Crippen molar-refractivity contribution in [2.75, 3.05) is 0 Å². The normalized spacial score (nSPS) is 10.3. The van der Waals surface area contributed by atoms with Gasteiger partial charge in [0.2, 0.25) is 0 Å². The first-order valence-electron chi connectivity index (χ1n) is 8.39. The van der Waals surface area contributed by atoms with Crippen LogP contribution in [0, 0.1) is 0 Å². The van der Waals surface area contributed by atoms with Crippen LogP contribution in [0.4, 0.5) is 4.79 Å². The number of hydrogen-bond donors (Lipinski definition) is 0. The summed E-state index contributed by atoms with van der Waals surface area (Å²) >= 11 is 3.16. The van der Waals surface area contributed by atoms with Gasteiger partial charge in [0.05, 0.1) is 0 Å². The number of hydrogen-bond acceptors (Lipinski definition) is 5. The zero-order valence-corrected chi connectivity index (χ0v) is 16.3. The molecule has 2 aromatic carbocycles. The van der Waals surface area contributed by atoms with Crippen molar-refractivity contribution < 1.29 is 19.1 Å². The van der Waals surface area contributed by atoms with Crippen LogP contribution >= 0.6 is 15.9 Å². The minimum Gasteiger partial charge on any atom is -0.456 e. The highest BCUT2D eigenvalue weighted by molar-refractivity contribution is 9.10. The van der Waals surface area contributed by atoms with Crippen molar-refractivity contribution in [2.24, 2.45) is 0 Å². The summed E-state index contributed by atoms with van der Waals surface area (Å²) in [6.07, 6.45) is -0.951. The first-order chi connectivity index (χ1) is 13.5. The van der Waals surface area contributed by atoms with Crippen LogP contribution in [0.3, 0.4) is 0 Å². The molecule has 0 aliphatic carbocycles. The first-order valence-corrected chi connectivity index (χ1v) is 9.18. The Morgan fingerprint density at radius 2 is 1.36 bits per heavy atom. The highest BCUT2D eigenvalue weighted by atomic mass is 79.9. The number of benzene rings is 2. The van der Waals surface area contributed by atoms with Gasteiger partial charge in [-0.15, -0.1) is 0 Å². The topological polar surface area (TPSA) is 74.6 Å². The Hall–Kier alpha value is -3.19. The van der Waals surface area contributed by atoms with E-state index in [1.165, 1.54) is 12.1 Å². The van der Waals surface area contributed by atoms with Crippen molar-refractivity contribution in [2.45, 2.75) is 13.2 Å². The van der Waals surface area contributed by atoms with Gasteiger partial charge in [0, 0.05) is 10.5 Å². The minimum atomic E-state index is -0.951. The maximum absolute atomic E-state index is 12.5. The van der Waals surface area contributed by atoms with E-state index >= 15 is 0 Å². The standard InChI is InChI=1S/C21H16BrNO5/c22-17-11-18(20(25)27-13-15-7-3-1-4-8-15)23(19(24)12-17)21(26)28-14-16-9-5-2-6-10-16/h1-12H,13-14H2. The monoisotopic (exact) mass is 441 g/mol. The second kappa shape index (κ2) is 9.14. The molecule has 3 aromatic rings. The number of esters is 1. The van der Waals surface area contributed by atoms with Gasteiger partial charge in [0.25, 0.3) is 5.56 Å². The molecular weight excluding hydrogens is 426 g/mol. The predicted octanol–water partition coefficient (Wildman–Crippen LogP) is 4.15. The summed E-state index contributed by atoms with van der Waals surface area (Å²) in [5.74, 6) is -0.807. The number of pyridine rings is 1. The number of carbonyl (C=O) groups is 2. The van der Waals surface area contributed by atoms with Crippen LogP contribution in [0.1, 0.15) is 21.6 Å². The summed E-state index contributed by atoms with van der Waals surface area (Å²) in [5, 5.41) is 0. The smallest absolute Gasteiger partial charge is 0.422 e. The molecule has 0 amide bonds. The maximum Gasteiger partial charge on any atom is 0.422 e. The molecule has 0 saturated heterocycles. The van der Waals surface area contributed by atoms with E-state index in [1.807, 2.05) is 24.3 Å². The fourth-order valence-corrected chi connectivity index (χ4v) is 2.87. The zero-order chi connectivity index (χ0) is 19.9. The Morgan fingerprint density at radius 3 is 1.93 bits per heavy atom. The molecule has 3 rings (SSSR count). The van der Waals surface area contributed by atoms with Gasteiger partial charge < -0.3 is 9.47 Å². The van der Waals surface area contributed by atoms with Crippen LogP contribution in [0.15, 0.2) is 82.1 Å². The zero-order valence-electron chi connectivity index (χ0n) is 14.7. The van der Waals surface area contributed by atoms with Crippen molar-refractivity contribution in [1.29, 1.82) is 0 Å². The van der Waals surface area contributed by atoms with E-state index in [9.17, 15) is 14.4 Å². The summed E-state index contributed by atoms with van der Waals surface area (Å²) < 4.78 is 11.5. The van der Waals surface area contributed by atoms with E-state index in [2.05, 4.69) is 15.9 Å². The van der Waals surface area contributed by atoms with Crippen molar-refractivity contribution in [3.8, 4) is 0 Å². The molecule has 142 valence electrons. The quantitative estimate of drug-likeness (QED) is 0.555. The second-order valence-electron chi connectivity index (χ2n) is 5.83. The maximum atomic E-state index is 12.5. The highest BCUT2D eigenvalue weighted by Gasteiger charge is 2.21. The Labute approximate surface area is 169 Å². The molecule has 1 aromatic heterocycles. The number of halogens is 1. The lowest BCUT2D eigenvalue weighted by Gasteiger charge is -2.12. The average molecular weight is 442 g/mol. The van der Waals surface area contributed by atoms with Gasteiger partial charge in [0.15, 0.2) is 0 Å². The Morgan fingerprint density at radius 1 is 0.821 bits per heavy atom. The molecule has 1 heterocycles. The third kappa shape index (κ3) is 4.95. The van der Waals surface area contributed by atoms with Crippen LogP contribution in [0.25, 0.3) is 0 Å². The fourth-order valence-electron chi connectivity index (χ4n) is 2.46. The largest absolute Gasteiger partial charge is 0.456 e. The molecule has 0 fully saturated rings. The van der Waals surface area contributed by atoms with Gasteiger partial charge in [-0.1, -0.05) is 76.6 Å². The predicted molar refractivity (Wildman–Crippen MR) is 106 cm³/mol. The fraction of sp³-hybridized carbons (Fsp3) is 0.0952. The minimum absolute atomic E-state index is 0.0133. The van der Waals surface area contributed by atoms with Crippen molar-refractivity contribution >= 4 is 28.0 Å². The van der Waals surface area contributed by atoms with Crippen molar-refractivity contribution in [1.82, 2.24) is 4.57 Å². The molecule has 0 unspecified atom stereocenters. The van der Waals surface area contributed by atoms with Gasteiger partial charge in [-0.3, -0.25) is 4.79 Å². The summed E-state index contributed by atoms with van der Waals surface area (Å²) in [4.78, 5) is 37.3. The lowest BCUT2D eigenvalue weighted by molar-refractivity contribution is 0.0455. The van der Waals surface area contributed by atoms with E-state index in [1.54, 1.807) is 36.4 Å². The molecule has 28 heavy (non-hydrogen) atoms. The molecule has 0 atom stereocenters.